The summed E-state index contributed by atoms with van der Waals surface area (Å²) in [6, 6.07) is 3.73. The van der Waals surface area contributed by atoms with Crippen molar-refractivity contribution < 1.29 is 18.1 Å². The van der Waals surface area contributed by atoms with E-state index in [0.717, 1.165) is 17.0 Å². The van der Waals surface area contributed by atoms with E-state index >= 15 is 0 Å². The number of halogens is 2. The van der Waals surface area contributed by atoms with Gasteiger partial charge in [-0.2, -0.15) is 0 Å². The van der Waals surface area contributed by atoms with Crippen LogP contribution in [0, 0.1) is 25.5 Å². The van der Waals surface area contributed by atoms with E-state index in [-0.39, 0.29) is 30.2 Å². The average molecular weight is 340 g/mol. The summed E-state index contributed by atoms with van der Waals surface area (Å²) < 4.78 is 31.9. The molecule has 0 aliphatic heterocycles. The molecule has 1 aromatic heterocycles. The molecule has 0 aliphatic rings. The van der Waals surface area contributed by atoms with Gasteiger partial charge in [0.2, 0.25) is 5.91 Å². The van der Waals surface area contributed by atoms with Gasteiger partial charge in [-0.15, -0.1) is 11.8 Å². The van der Waals surface area contributed by atoms with E-state index in [1.54, 1.807) is 0 Å². The number of rotatable bonds is 7. The number of carbonyl (C=O) groups is 1. The van der Waals surface area contributed by atoms with E-state index in [2.05, 4.69) is 10.5 Å². The number of nitrogens with one attached hydrogen (secondary N) is 1. The Morgan fingerprint density at radius 2 is 1.96 bits per heavy atom. The van der Waals surface area contributed by atoms with E-state index in [9.17, 15) is 13.6 Å². The SMILES string of the molecule is Cc1noc(C)c1CSCC(=O)NCCc1c(F)cccc1F. The number of nitrogens with zero attached hydrogens (tertiary/aromatic N) is 1. The Morgan fingerprint density at radius 3 is 2.57 bits per heavy atom. The quantitative estimate of drug-likeness (QED) is 0.841. The van der Waals surface area contributed by atoms with Gasteiger partial charge >= 0.3 is 0 Å². The number of aryl methyl sites for hydroxylation is 2. The molecule has 0 radical (unpaired) electrons. The molecule has 0 saturated carbocycles. The predicted octanol–water partition coefficient (Wildman–Crippen LogP) is 3.16. The van der Waals surface area contributed by atoms with Crippen LogP contribution >= 0.6 is 11.8 Å². The Labute approximate surface area is 137 Å². The standard InChI is InChI=1S/C16H18F2N2O2S/c1-10-13(11(2)22-20-10)8-23-9-16(21)19-7-6-12-14(17)4-3-5-15(12)18/h3-5H,6-9H2,1-2H3,(H,19,21). The lowest BCUT2D eigenvalue weighted by atomic mass is 10.1. The minimum atomic E-state index is -0.591. The summed E-state index contributed by atoms with van der Waals surface area (Å²) in [5, 5.41) is 6.52. The van der Waals surface area contributed by atoms with Crippen LogP contribution in [-0.4, -0.2) is 23.4 Å². The Balaban J connectivity index is 1.71. The van der Waals surface area contributed by atoms with Crippen molar-refractivity contribution in [3.8, 4) is 0 Å². The Bertz CT molecular complexity index is 649. The van der Waals surface area contributed by atoms with Crippen molar-refractivity contribution in [2.24, 2.45) is 0 Å². The van der Waals surface area contributed by atoms with Gasteiger partial charge in [0.1, 0.15) is 17.4 Å². The van der Waals surface area contributed by atoms with Gasteiger partial charge in [0, 0.05) is 23.4 Å². The number of benzene rings is 1. The second-order valence-corrected chi connectivity index (χ2v) is 6.08. The Kier molecular flexibility index (Phi) is 6.15. The first-order valence-electron chi connectivity index (χ1n) is 7.18. The lowest BCUT2D eigenvalue weighted by Gasteiger charge is -2.07. The molecule has 7 heteroatoms. The first kappa shape index (κ1) is 17.5. The van der Waals surface area contributed by atoms with Gasteiger partial charge in [0.15, 0.2) is 0 Å². The zero-order valence-electron chi connectivity index (χ0n) is 13.0. The number of aromatic nitrogens is 1. The Hall–Kier alpha value is -1.89. The molecule has 4 nitrogen and oxygen atoms in total. The smallest absolute Gasteiger partial charge is 0.230 e. The second-order valence-electron chi connectivity index (χ2n) is 5.10. The summed E-state index contributed by atoms with van der Waals surface area (Å²) in [7, 11) is 0. The number of hydrogen-bond donors (Lipinski definition) is 1. The molecule has 0 aliphatic carbocycles. The molecule has 1 N–H and O–H groups in total. The van der Waals surface area contributed by atoms with E-state index < -0.39 is 11.6 Å². The van der Waals surface area contributed by atoms with Gasteiger partial charge < -0.3 is 9.84 Å². The van der Waals surface area contributed by atoms with E-state index in [1.165, 1.54) is 30.0 Å². The molecule has 2 aromatic rings. The molecular weight excluding hydrogens is 322 g/mol. The third-order valence-corrected chi connectivity index (χ3v) is 4.38. The van der Waals surface area contributed by atoms with Crippen LogP contribution in [0.1, 0.15) is 22.6 Å². The lowest BCUT2D eigenvalue weighted by molar-refractivity contribution is -0.118. The maximum Gasteiger partial charge on any atom is 0.230 e. The van der Waals surface area contributed by atoms with Crippen LogP contribution in [0.4, 0.5) is 8.78 Å². The van der Waals surface area contributed by atoms with Gasteiger partial charge in [-0.05, 0) is 32.4 Å². The highest BCUT2D eigenvalue weighted by Crippen LogP contribution is 2.19. The highest BCUT2D eigenvalue weighted by atomic mass is 32.2. The van der Waals surface area contributed by atoms with Crippen LogP contribution in [0.25, 0.3) is 0 Å². The molecule has 0 atom stereocenters. The highest BCUT2D eigenvalue weighted by molar-refractivity contribution is 7.99. The van der Waals surface area contributed by atoms with Gasteiger partial charge in [-0.25, -0.2) is 8.78 Å². The summed E-state index contributed by atoms with van der Waals surface area (Å²) in [4.78, 5) is 11.7. The monoisotopic (exact) mass is 340 g/mol. The van der Waals surface area contributed by atoms with E-state index in [1.807, 2.05) is 13.8 Å². The van der Waals surface area contributed by atoms with Crippen molar-refractivity contribution in [3.05, 3.63) is 52.4 Å². The number of hydrogen-bond acceptors (Lipinski definition) is 4. The minimum Gasteiger partial charge on any atom is -0.361 e. The molecule has 1 amide bonds. The van der Waals surface area contributed by atoms with Crippen molar-refractivity contribution in [2.45, 2.75) is 26.0 Å². The van der Waals surface area contributed by atoms with E-state index in [4.69, 9.17) is 4.52 Å². The lowest BCUT2D eigenvalue weighted by Crippen LogP contribution is -2.27. The topological polar surface area (TPSA) is 55.1 Å². The molecule has 23 heavy (non-hydrogen) atoms. The molecule has 2 rings (SSSR count). The molecule has 0 spiro atoms. The van der Waals surface area contributed by atoms with Gasteiger partial charge in [-0.3, -0.25) is 4.79 Å². The number of thioether (sulfide) groups is 1. The largest absolute Gasteiger partial charge is 0.361 e. The molecule has 0 saturated heterocycles. The molecule has 1 heterocycles. The van der Waals surface area contributed by atoms with Crippen LogP contribution in [0.3, 0.4) is 0 Å². The fraction of sp³-hybridized carbons (Fsp3) is 0.375. The summed E-state index contributed by atoms with van der Waals surface area (Å²) in [6.07, 6.45) is 0.124. The normalized spacial score (nSPS) is 10.8. The van der Waals surface area contributed by atoms with Crippen molar-refractivity contribution in [2.75, 3.05) is 12.3 Å². The molecule has 0 fully saturated rings. The minimum absolute atomic E-state index is 0.00354. The maximum absolute atomic E-state index is 13.4. The molecule has 1 aromatic carbocycles. The van der Waals surface area contributed by atoms with Gasteiger partial charge in [0.25, 0.3) is 0 Å². The number of amides is 1. The van der Waals surface area contributed by atoms with Gasteiger partial charge in [-0.1, -0.05) is 11.2 Å². The summed E-state index contributed by atoms with van der Waals surface area (Å²) >= 11 is 1.44. The summed E-state index contributed by atoms with van der Waals surface area (Å²) in [5.41, 5.74) is 1.82. The fourth-order valence-corrected chi connectivity index (χ4v) is 3.11. The first-order valence-corrected chi connectivity index (χ1v) is 8.33. The van der Waals surface area contributed by atoms with E-state index in [0.29, 0.717) is 5.75 Å². The van der Waals surface area contributed by atoms with Crippen molar-refractivity contribution >= 4 is 17.7 Å². The fourth-order valence-electron chi connectivity index (χ4n) is 2.10. The maximum atomic E-state index is 13.4. The zero-order valence-corrected chi connectivity index (χ0v) is 13.8. The Morgan fingerprint density at radius 1 is 1.26 bits per heavy atom. The van der Waals surface area contributed by atoms with Gasteiger partial charge in [0.05, 0.1) is 11.4 Å². The van der Waals surface area contributed by atoms with Crippen molar-refractivity contribution in [1.82, 2.24) is 10.5 Å². The van der Waals surface area contributed by atoms with Crippen LogP contribution in [0.15, 0.2) is 22.7 Å². The molecule has 124 valence electrons. The van der Waals surface area contributed by atoms with Crippen LogP contribution < -0.4 is 5.32 Å². The zero-order chi connectivity index (χ0) is 16.8. The third-order valence-electron chi connectivity index (χ3n) is 3.42. The molecule has 0 bridgehead atoms. The molecule has 0 unspecified atom stereocenters. The summed E-state index contributed by atoms with van der Waals surface area (Å²) in [6.45, 7) is 3.89. The van der Waals surface area contributed by atoms with Crippen LogP contribution in [-0.2, 0) is 17.0 Å². The third kappa shape index (κ3) is 4.79. The average Bonchev–Trinajstić information content (AvgIpc) is 2.82. The predicted molar refractivity (Wildman–Crippen MR) is 85.2 cm³/mol. The first-order chi connectivity index (χ1) is 11.0. The summed E-state index contributed by atoms with van der Waals surface area (Å²) in [5.74, 6) is 0.309. The number of carbonyl (C=O) groups excluding carboxylic acids is 1. The van der Waals surface area contributed by atoms with Crippen LogP contribution in [0.2, 0.25) is 0 Å². The molecular formula is C16H18F2N2O2S. The van der Waals surface area contributed by atoms with Crippen LogP contribution in [0.5, 0.6) is 0 Å². The van der Waals surface area contributed by atoms with Crippen molar-refractivity contribution in [3.63, 3.8) is 0 Å². The highest BCUT2D eigenvalue weighted by Gasteiger charge is 2.11. The second kappa shape index (κ2) is 8.10. The van der Waals surface area contributed by atoms with Crippen molar-refractivity contribution in [1.29, 1.82) is 0 Å².